The van der Waals surface area contributed by atoms with Gasteiger partial charge in [0.15, 0.2) is 0 Å². The molecule has 2 saturated heterocycles. The molecule has 4 N–H and O–H groups in total. The molecule has 246 valence electrons. The van der Waals surface area contributed by atoms with Crippen molar-refractivity contribution in [2.75, 3.05) is 18.6 Å². The highest BCUT2D eigenvalue weighted by molar-refractivity contribution is 5.96. The molecular weight excluding hydrogens is 599 g/mol. The predicted molar refractivity (Wildman–Crippen MR) is 177 cm³/mol. The Balaban J connectivity index is 1.24. The highest BCUT2D eigenvalue weighted by Crippen LogP contribution is 2.44. The van der Waals surface area contributed by atoms with E-state index < -0.39 is 24.4 Å². The first-order valence-electron chi connectivity index (χ1n) is 16.2. The van der Waals surface area contributed by atoms with Gasteiger partial charge in [0, 0.05) is 31.1 Å². The molecule has 2 heterocycles. The van der Waals surface area contributed by atoms with Gasteiger partial charge >= 0.3 is 6.03 Å². The van der Waals surface area contributed by atoms with Crippen LogP contribution in [0.5, 0.6) is 5.75 Å². The van der Waals surface area contributed by atoms with Gasteiger partial charge in [-0.05, 0) is 71.8 Å². The highest BCUT2D eigenvalue weighted by atomic mass is 19.1. The Morgan fingerprint density at radius 3 is 2.32 bits per heavy atom. The van der Waals surface area contributed by atoms with E-state index in [1.165, 1.54) is 12.1 Å². The van der Waals surface area contributed by atoms with Crippen molar-refractivity contribution >= 4 is 11.7 Å². The number of amides is 2. The Kier molecular flexibility index (Phi) is 9.89. The molecule has 6 atom stereocenters. The number of benzene rings is 4. The molecule has 0 aliphatic carbocycles. The van der Waals surface area contributed by atoms with Gasteiger partial charge in [0.2, 0.25) is 0 Å². The molecule has 2 fully saturated rings. The minimum Gasteiger partial charge on any atom is -0.508 e. The number of para-hydroxylation sites is 1. The van der Waals surface area contributed by atoms with E-state index in [0.29, 0.717) is 43.2 Å². The number of nitrogens with zero attached hydrogens (tertiary/aromatic N) is 2. The summed E-state index contributed by atoms with van der Waals surface area (Å²) in [5.74, 6) is -0.285. The molecule has 2 aliphatic rings. The zero-order chi connectivity index (χ0) is 33.1. The monoisotopic (exact) mass is 640 g/mol. The molecule has 2 aliphatic heterocycles. The zero-order valence-electron chi connectivity index (χ0n) is 26.3. The Morgan fingerprint density at radius 1 is 0.936 bits per heavy atom. The van der Waals surface area contributed by atoms with Gasteiger partial charge in [0.1, 0.15) is 11.6 Å². The fourth-order valence-corrected chi connectivity index (χ4v) is 6.93. The maximum atomic E-state index is 13.7. The second kappa shape index (κ2) is 14.2. The lowest BCUT2D eigenvalue weighted by Gasteiger charge is -2.32. The summed E-state index contributed by atoms with van der Waals surface area (Å²) in [5, 5.41) is 42.0. The fraction of sp³-hybridized carbons (Fsp3) is 0.342. The summed E-state index contributed by atoms with van der Waals surface area (Å²) in [6.07, 6.45) is 0.502. The van der Waals surface area contributed by atoms with Crippen molar-refractivity contribution in [1.82, 2.24) is 4.90 Å². The summed E-state index contributed by atoms with van der Waals surface area (Å²) in [6, 6.07) is 27.6. The van der Waals surface area contributed by atoms with Crippen LogP contribution in [-0.2, 0) is 4.74 Å². The number of ether oxygens (including phenoxy) is 1. The number of hydrogen-bond acceptors (Lipinski definition) is 6. The van der Waals surface area contributed by atoms with Crippen LogP contribution in [0.3, 0.4) is 0 Å². The number of aliphatic hydroxyl groups is 3. The number of phenolic OH excluding ortho intramolecular Hbond substituents is 1. The van der Waals surface area contributed by atoms with Crippen LogP contribution in [0.15, 0.2) is 97.1 Å². The molecule has 4 aromatic rings. The molecule has 6 rings (SSSR count). The molecule has 8 nitrogen and oxygen atoms in total. The first-order chi connectivity index (χ1) is 22.7. The first-order valence-corrected chi connectivity index (χ1v) is 16.2. The van der Waals surface area contributed by atoms with Crippen LogP contribution in [0.4, 0.5) is 14.9 Å². The molecule has 6 unspecified atom stereocenters. The molecule has 0 saturated carbocycles. The molecule has 0 bridgehead atoms. The molecular formula is C38H41FN2O6. The van der Waals surface area contributed by atoms with Gasteiger partial charge in [0.05, 0.1) is 43.1 Å². The number of carbonyl (C=O) groups excluding carboxylic acids is 1. The van der Waals surface area contributed by atoms with Crippen molar-refractivity contribution in [3.05, 3.63) is 120 Å². The lowest BCUT2D eigenvalue weighted by molar-refractivity contribution is -0.113. The SMILES string of the molecule is CN1C(=O)N(c2ccccc2)C(c2ccc(-c3ccc(C4CC(O)CC(CO)O4)cc3)cc2O)C1CCCC(O)c1ccc(F)cc1. The summed E-state index contributed by atoms with van der Waals surface area (Å²) in [5.41, 5.74) is 4.58. The molecule has 0 spiro atoms. The van der Waals surface area contributed by atoms with Crippen molar-refractivity contribution in [2.45, 2.75) is 68.6 Å². The number of carbonyl (C=O) groups is 1. The zero-order valence-corrected chi connectivity index (χ0v) is 26.3. The Morgan fingerprint density at radius 2 is 1.64 bits per heavy atom. The van der Waals surface area contributed by atoms with E-state index >= 15 is 0 Å². The van der Waals surface area contributed by atoms with Crippen molar-refractivity contribution in [2.24, 2.45) is 0 Å². The minimum atomic E-state index is -0.758. The Labute approximate surface area is 274 Å². The molecule has 0 aromatic heterocycles. The first kappa shape index (κ1) is 32.7. The van der Waals surface area contributed by atoms with Gasteiger partial charge in [-0.15, -0.1) is 0 Å². The average Bonchev–Trinajstić information content (AvgIpc) is 3.33. The largest absolute Gasteiger partial charge is 0.508 e. The summed E-state index contributed by atoms with van der Waals surface area (Å²) in [4.78, 5) is 17.2. The molecule has 47 heavy (non-hydrogen) atoms. The Bertz CT molecular complexity index is 1650. The number of aromatic hydroxyl groups is 1. The van der Waals surface area contributed by atoms with E-state index in [-0.39, 0.29) is 36.4 Å². The molecule has 2 amide bonds. The number of anilines is 1. The van der Waals surface area contributed by atoms with Crippen LogP contribution in [-0.4, -0.2) is 63.3 Å². The van der Waals surface area contributed by atoms with Gasteiger partial charge in [-0.1, -0.05) is 66.7 Å². The standard InChI is InChI=1S/C38H41FN2O6/c1-40-33(8-5-9-34(44)25-14-17-28(39)18-15-25)37(41(38(40)46)29-6-3-2-4-7-29)32-19-16-27(20-35(32)45)24-10-12-26(13-11-24)36-22-30(43)21-31(23-42)47-36/h2-4,6-7,10-20,30-31,33-34,36-37,42-45H,5,8-9,21-23H2,1H3. The second-order valence-corrected chi connectivity index (χ2v) is 12.6. The fourth-order valence-electron chi connectivity index (χ4n) is 6.93. The van der Waals surface area contributed by atoms with E-state index in [9.17, 15) is 29.6 Å². The van der Waals surface area contributed by atoms with Crippen molar-refractivity contribution in [1.29, 1.82) is 0 Å². The predicted octanol–water partition coefficient (Wildman–Crippen LogP) is 6.66. The van der Waals surface area contributed by atoms with Crippen molar-refractivity contribution < 1.29 is 34.3 Å². The lowest BCUT2D eigenvalue weighted by Crippen LogP contribution is -2.33. The lowest BCUT2D eigenvalue weighted by atomic mass is 9.91. The number of phenols is 1. The maximum absolute atomic E-state index is 13.7. The second-order valence-electron chi connectivity index (χ2n) is 12.6. The maximum Gasteiger partial charge on any atom is 0.325 e. The highest BCUT2D eigenvalue weighted by Gasteiger charge is 2.46. The van der Waals surface area contributed by atoms with Gasteiger partial charge in [-0.25, -0.2) is 9.18 Å². The summed E-state index contributed by atoms with van der Waals surface area (Å²) >= 11 is 0. The molecule has 9 heteroatoms. The number of rotatable bonds is 10. The normalized spacial score (nSPS) is 23.7. The Hall–Kier alpha value is -4.28. The number of halogens is 1. The van der Waals surface area contributed by atoms with E-state index in [0.717, 1.165) is 22.4 Å². The van der Waals surface area contributed by atoms with Crippen LogP contribution in [0.1, 0.15) is 67.0 Å². The average molecular weight is 641 g/mol. The van der Waals surface area contributed by atoms with Gasteiger partial charge in [-0.3, -0.25) is 4.90 Å². The molecule has 4 aromatic carbocycles. The summed E-state index contributed by atoms with van der Waals surface area (Å²) < 4.78 is 19.3. The van der Waals surface area contributed by atoms with Crippen LogP contribution in [0.25, 0.3) is 11.1 Å². The number of hydrogen-bond donors (Lipinski definition) is 4. The smallest absolute Gasteiger partial charge is 0.325 e. The van der Waals surface area contributed by atoms with E-state index in [4.69, 9.17) is 4.74 Å². The van der Waals surface area contributed by atoms with E-state index in [2.05, 4.69) is 0 Å². The van der Waals surface area contributed by atoms with Crippen LogP contribution >= 0.6 is 0 Å². The number of urea groups is 1. The number of likely N-dealkylation sites (N-methyl/N-ethyl adjacent to an activating group) is 1. The molecule has 0 radical (unpaired) electrons. The van der Waals surface area contributed by atoms with Gasteiger partial charge in [-0.2, -0.15) is 0 Å². The third-order valence-electron chi connectivity index (χ3n) is 9.46. The number of aliphatic hydroxyl groups excluding tert-OH is 3. The van der Waals surface area contributed by atoms with Crippen molar-refractivity contribution in [3.63, 3.8) is 0 Å². The van der Waals surface area contributed by atoms with Crippen LogP contribution < -0.4 is 4.90 Å². The van der Waals surface area contributed by atoms with Crippen LogP contribution in [0, 0.1) is 5.82 Å². The third kappa shape index (κ3) is 7.04. The minimum absolute atomic E-state index is 0.0708. The van der Waals surface area contributed by atoms with Crippen molar-refractivity contribution in [3.8, 4) is 16.9 Å². The summed E-state index contributed by atoms with van der Waals surface area (Å²) in [7, 11) is 1.77. The quantitative estimate of drug-likeness (QED) is 0.154. The van der Waals surface area contributed by atoms with Gasteiger partial charge in [0.25, 0.3) is 0 Å². The van der Waals surface area contributed by atoms with Crippen LogP contribution in [0.2, 0.25) is 0 Å². The van der Waals surface area contributed by atoms with E-state index in [1.807, 2.05) is 66.7 Å². The third-order valence-corrected chi connectivity index (χ3v) is 9.46. The van der Waals surface area contributed by atoms with E-state index in [1.54, 1.807) is 35.0 Å². The van der Waals surface area contributed by atoms with Gasteiger partial charge < -0.3 is 30.1 Å². The topological polar surface area (TPSA) is 114 Å². The summed E-state index contributed by atoms with van der Waals surface area (Å²) in [6.45, 7) is -0.139.